The highest BCUT2D eigenvalue weighted by Crippen LogP contribution is 2.40. The van der Waals surface area contributed by atoms with E-state index in [0.717, 1.165) is 42.6 Å². The number of esters is 1. The summed E-state index contributed by atoms with van der Waals surface area (Å²) in [5.74, 6) is 2.22. The van der Waals surface area contributed by atoms with Crippen LogP contribution in [0.4, 0.5) is 0 Å². The van der Waals surface area contributed by atoms with Crippen LogP contribution >= 0.6 is 0 Å². The number of carbonyl (C=O) groups excluding carboxylic acids is 1. The first kappa shape index (κ1) is 21.8. The van der Waals surface area contributed by atoms with Gasteiger partial charge in [0.25, 0.3) is 0 Å². The van der Waals surface area contributed by atoms with Gasteiger partial charge in [-0.25, -0.2) is 4.79 Å². The highest BCUT2D eigenvalue weighted by Gasteiger charge is 2.31. The summed E-state index contributed by atoms with van der Waals surface area (Å²) in [5, 5.41) is 0. The second-order valence-electron chi connectivity index (χ2n) is 8.68. The standard InChI is InChI=1S/C26H36O3/c1-3-5-18-28-19-21-8-12-24(13-9-21)26(27)29-25-16-14-23(15-17-25)22-10-6-20(4-2)7-11-22/h3-4,8-9,12-13,20,22-23,25H,1-2,5-7,10-11,14-19H2/t20-,22-,23?,25?. The zero-order valence-corrected chi connectivity index (χ0v) is 17.7. The number of carbonyl (C=O) groups is 1. The van der Waals surface area contributed by atoms with Crippen LogP contribution in [0.3, 0.4) is 0 Å². The molecular weight excluding hydrogens is 360 g/mol. The Morgan fingerprint density at radius 3 is 2.14 bits per heavy atom. The second-order valence-corrected chi connectivity index (χ2v) is 8.68. The Morgan fingerprint density at radius 2 is 1.55 bits per heavy atom. The topological polar surface area (TPSA) is 35.5 Å². The molecule has 0 amide bonds. The molecule has 1 aromatic carbocycles. The number of rotatable bonds is 9. The van der Waals surface area contributed by atoms with Gasteiger partial charge < -0.3 is 9.47 Å². The third-order valence-corrected chi connectivity index (χ3v) is 6.73. The molecule has 0 spiro atoms. The molecule has 3 rings (SSSR count). The molecule has 0 N–H and O–H groups in total. The maximum Gasteiger partial charge on any atom is 0.338 e. The van der Waals surface area contributed by atoms with Crippen molar-refractivity contribution in [3.05, 3.63) is 60.7 Å². The summed E-state index contributed by atoms with van der Waals surface area (Å²) in [7, 11) is 0. The monoisotopic (exact) mass is 396 g/mol. The van der Waals surface area contributed by atoms with Crippen molar-refractivity contribution in [1.82, 2.24) is 0 Å². The number of hydrogen-bond donors (Lipinski definition) is 0. The predicted octanol–water partition coefficient (Wildman–Crippen LogP) is 6.49. The molecule has 2 aliphatic rings. The molecule has 2 aliphatic carbocycles. The van der Waals surface area contributed by atoms with Gasteiger partial charge >= 0.3 is 5.97 Å². The summed E-state index contributed by atoms with van der Waals surface area (Å²) >= 11 is 0. The van der Waals surface area contributed by atoms with Crippen molar-refractivity contribution in [3.63, 3.8) is 0 Å². The molecule has 1 aromatic rings. The van der Waals surface area contributed by atoms with E-state index in [2.05, 4.69) is 19.2 Å². The lowest BCUT2D eigenvalue weighted by Crippen LogP contribution is -2.29. The molecule has 3 nitrogen and oxygen atoms in total. The summed E-state index contributed by atoms with van der Waals surface area (Å²) in [6, 6.07) is 7.58. The average Bonchev–Trinajstić information content (AvgIpc) is 2.78. The van der Waals surface area contributed by atoms with E-state index in [4.69, 9.17) is 9.47 Å². The fraction of sp³-hybridized carbons (Fsp3) is 0.577. The molecule has 2 fully saturated rings. The number of hydrogen-bond acceptors (Lipinski definition) is 3. The van der Waals surface area contributed by atoms with E-state index in [1.54, 1.807) is 0 Å². The van der Waals surface area contributed by atoms with Gasteiger partial charge in [-0.1, -0.05) is 24.3 Å². The molecule has 0 aromatic heterocycles. The maximum atomic E-state index is 12.5. The van der Waals surface area contributed by atoms with Crippen LogP contribution in [0.1, 0.15) is 73.7 Å². The van der Waals surface area contributed by atoms with Crippen molar-refractivity contribution in [3.8, 4) is 0 Å². The summed E-state index contributed by atoms with van der Waals surface area (Å²) in [5.41, 5.74) is 1.70. The van der Waals surface area contributed by atoms with E-state index < -0.39 is 0 Å². The van der Waals surface area contributed by atoms with Crippen LogP contribution in [0.25, 0.3) is 0 Å². The lowest BCUT2D eigenvalue weighted by atomic mass is 9.70. The molecule has 0 bridgehead atoms. The lowest BCUT2D eigenvalue weighted by molar-refractivity contribution is 0.0113. The smallest absolute Gasteiger partial charge is 0.338 e. The van der Waals surface area contributed by atoms with Crippen LogP contribution in [0.5, 0.6) is 0 Å². The van der Waals surface area contributed by atoms with Crippen LogP contribution in [0.15, 0.2) is 49.6 Å². The van der Waals surface area contributed by atoms with Gasteiger partial charge in [0.15, 0.2) is 0 Å². The molecule has 0 aliphatic heterocycles. The van der Waals surface area contributed by atoms with Gasteiger partial charge in [0.2, 0.25) is 0 Å². The average molecular weight is 397 g/mol. The van der Waals surface area contributed by atoms with Gasteiger partial charge in [-0.3, -0.25) is 0 Å². The van der Waals surface area contributed by atoms with E-state index in [1.165, 1.54) is 38.5 Å². The first-order valence-corrected chi connectivity index (χ1v) is 11.3. The summed E-state index contributed by atoms with van der Waals surface area (Å²) < 4.78 is 11.4. The van der Waals surface area contributed by atoms with Gasteiger partial charge in [0.1, 0.15) is 6.10 Å². The van der Waals surface area contributed by atoms with E-state index in [9.17, 15) is 4.79 Å². The van der Waals surface area contributed by atoms with Crippen molar-refractivity contribution in [2.75, 3.05) is 6.61 Å². The molecule has 0 unspecified atom stereocenters. The van der Waals surface area contributed by atoms with Gasteiger partial charge in [0, 0.05) is 0 Å². The Balaban J connectivity index is 1.39. The van der Waals surface area contributed by atoms with E-state index in [1.807, 2.05) is 30.3 Å². The van der Waals surface area contributed by atoms with Crippen molar-refractivity contribution in [2.45, 2.75) is 70.5 Å². The largest absolute Gasteiger partial charge is 0.459 e. The first-order valence-electron chi connectivity index (χ1n) is 11.3. The number of benzene rings is 1. The molecule has 0 atom stereocenters. The summed E-state index contributed by atoms with van der Waals surface area (Å²) in [4.78, 5) is 12.5. The van der Waals surface area contributed by atoms with E-state index in [0.29, 0.717) is 18.8 Å². The van der Waals surface area contributed by atoms with Crippen LogP contribution in [0.2, 0.25) is 0 Å². The molecule has 0 radical (unpaired) electrons. The number of allylic oxidation sites excluding steroid dienone is 1. The molecule has 2 saturated carbocycles. The molecule has 3 heteroatoms. The van der Waals surface area contributed by atoms with E-state index >= 15 is 0 Å². The Bertz CT molecular complexity index is 647. The zero-order valence-electron chi connectivity index (χ0n) is 17.7. The van der Waals surface area contributed by atoms with Crippen molar-refractivity contribution in [1.29, 1.82) is 0 Å². The predicted molar refractivity (Wildman–Crippen MR) is 118 cm³/mol. The minimum Gasteiger partial charge on any atom is -0.459 e. The minimum absolute atomic E-state index is 0.0742. The third-order valence-electron chi connectivity index (χ3n) is 6.73. The Labute approximate surface area is 176 Å². The highest BCUT2D eigenvalue weighted by atomic mass is 16.5. The fourth-order valence-corrected chi connectivity index (χ4v) is 4.84. The van der Waals surface area contributed by atoms with Crippen LogP contribution in [0, 0.1) is 17.8 Å². The minimum atomic E-state index is -0.195. The quantitative estimate of drug-likeness (QED) is 0.272. The van der Waals surface area contributed by atoms with Gasteiger partial charge in [0.05, 0.1) is 18.8 Å². The third kappa shape index (κ3) is 6.57. The van der Waals surface area contributed by atoms with Crippen molar-refractivity contribution in [2.24, 2.45) is 17.8 Å². The molecule has 0 saturated heterocycles. The molecule has 158 valence electrons. The highest BCUT2D eigenvalue weighted by molar-refractivity contribution is 5.89. The Morgan fingerprint density at radius 1 is 0.931 bits per heavy atom. The Hall–Kier alpha value is -1.87. The molecule has 0 heterocycles. The first-order chi connectivity index (χ1) is 14.2. The molecule has 29 heavy (non-hydrogen) atoms. The zero-order chi connectivity index (χ0) is 20.5. The summed E-state index contributed by atoms with van der Waals surface area (Å²) in [6.45, 7) is 8.86. The summed E-state index contributed by atoms with van der Waals surface area (Å²) in [6.07, 6.45) is 14.6. The second kappa shape index (κ2) is 11.3. The lowest BCUT2D eigenvalue weighted by Gasteiger charge is -2.37. The van der Waals surface area contributed by atoms with Crippen molar-refractivity contribution >= 4 is 5.97 Å². The fourth-order valence-electron chi connectivity index (χ4n) is 4.84. The normalized spacial score (nSPS) is 27.2. The van der Waals surface area contributed by atoms with Gasteiger partial charge in [-0.15, -0.1) is 13.2 Å². The van der Waals surface area contributed by atoms with Gasteiger partial charge in [-0.2, -0.15) is 0 Å². The van der Waals surface area contributed by atoms with Crippen molar-refractivity contribution < 1.29 is 14.3 Å². The molecular formula is C26H36O3. The SMILES string of the molecule is C=CCCOCc1ccc(C(=O)OC2CCC([C@H]3CC[C@H](C=C)CC3)CC2)cc1. The van der Waals surface area contributed by atoms with Crippen LogP contribution in [-0.4, -0.2) is 18.7 Å². The van der Waals surface area contributed by atoms with Gasteiger partial charge in [-0.05, 0) is 93.2 Å². The number of ether oxygens (including phenoxy) is 2. The maximum absolute atomic E-state index is 12.5. The van der Waals surface area contributed by atoms with Crippen LogP contribution in [-0.2, 0) is 16.1 Å². The van der Waals surface area contributed by atoms with Crippen LogP contribution < -0.4 is 0 Å². The Kier molecular flexibility index (Phi) is 8.54. The van der Waals surface area contributed by atoms with E-state index in [-0.39, 0.29) is 12.1 Å².